The summed E-state index contributed by atoms with van der Waals surface area (Å²) in [7, 11) is 0. The number of carbonyl (C=O) groups excluding carboxylic acids is 2. The van der Waals surface area contributed by atoms with E-state index in [0.29, 0.717) is 19.6 Å². The molecular formula is C19H23N3O2S. The molecule has 0 bridgehead atoms. The monoisotopic (exact) mass is 357 g/mol. The first-order chi connectivity index (χ1) is 12.0. The van der Waals surface area contributed by atoms with Gasteiger partial charge in [0.15, 0.2) is 0 Å². The minimum atomic E-state index is -0.00919. The van der Waals surface area contributed by atoms with Gasteiger partial charge in [-0.25, -0.2) is 4.98 Å². The van der Waals surface area contributed by atoms with E-state index in [1.165, 1.54) is 5.56 Å². The van der Waals surface area contributed by atoms with Crippen LogP contribution < -0.4 is 5.32 Å². The van der Waals surface area contributed by atoms with Gasteiger partial charge in [0.25, 0.3) is 0 Å². The van der Waals surface area contributed by atoms with Gasteiger partial charge in [-0.1, -0.05) is 24.3 Å². The summed E-state index contributed by atoms with van der Waals surface area (Å²) >= 11 is 1.60. The Morgan fingerprint density at radius 2 is 2.00 bits per heavy atom. The second-order valence-electron chi connectivity index (χ2n) is 6.46. The summed E-state index contributed by atoms with van der Waals surface area (Å²) in [6.45, 7) is 5.44. The largest absolute Gasteiger partial charge is 0.350 e. The lowest BCUT2D eigenvalue weighted by Crippen LogP contribution is -2.42. The summed E-state index contributed by atoms with van der Waals surface area (Å²) in [5.41, 5.74) is 3.23. The minimum Gasteiger partial charge on any atom is -0.350 e. The Morgan fingerprint density at radius 3 is 2.68 bits per heavy atom. The van der Waals surface area contributed by atoms with Crippen molar-refractivity contribution in [1.82, 2.24) is 15.2 Å². The van der Waals surface area contributed by atoms with Gasteiger partial charge >= 0.3 is 0 Å². The molecule has 5 nitrogen and oxygen atoms in total. The molecule has 2 amide bonds. The summed E-state index contributed by atoms with van der Waals surface area (Å²) in [6, 6.07) is 8.18. The highest BCUT2D eigenvalue weighted by atomic mass is 32.1. The van der Waals surface area contributed by atoms with E-state index < -0.39 is 0 Å². The van der Waals surface area contributed by atoms with Crippen molar-refractivity contribution >= 4 is 23.2 Å². The molecule has 1 aromatic heterocycles. The summed E-state index contributed by atoms with van der Waals surface area (Å²) in [5, 5.41) is 5.98. The maximum absolute atomic E-state index is 12.3. The maximum Gasteiger partial charge on any atom is 0.223 e. The Kier molecular flexibility index (Phi) is 5.48. The zero-order valence-electron chi connectivity index (χ0n) is 14.6. The first kappa shape index (κ1) is 17.6. The molecule has 0 saturated carbocycles. The molecule has 0 radical (unpaired) electrons. The van der Waals surface area contributed by atoms with Gasteiger partial charge in [0.05, 0.1) is 12.2 Å². The van der Waals surface area contributed by atoms with Crippen LogP contribution in [0.15, 0.2) is 29.6 Å². The standard InChI is InChI=1S/C19H23N3O2S/c1-13-5-3-4-6-17(13)19-21-16(12-25-19)11-20-18(24)15-7-9-22(10-8-15)14(2)23/h3-6,12,15H,7-11H2,1-2H3,(H,20,24). The first-order valence-electron chi connectivity index (χ1n) is 8.58. The van der Waals surface area contributed by atoms with Crippen LogP contribution in [-0.4, -0.2) is 34.8 Å². The molecule has 1 fully saturated rings. The summed E-state index contributed by atoms with van der Waals surface area (Å²) < 4.78 is 0. The van der Waals surface area contributed by atoms with Gasteiger partial charge in [-0.05, 0) is 25.3 Å². The van der Waals surface area contributed by atoms with Crippen molar-refractivity contribution in [3.8, 4) is 10.6 Å². The molecule has 0 spiro atoms. The number of rotatable bonds is 4. The number of nitrogens with one attached hydrogen (secondary N) is 1. The zero-order chi connectivity index (χ0) is 17.8. The second-order valence-corrected chi connectivity index (χ2v) is 7.32. The SMILES string of the molecule is CC(=O)N1CCC(C(=O)NCc2csc(-c3ccccc3C)n2)CC1. The quantitative estimate of drug-likeness (QED) is 0.915. The molecular weight excluding hydrogens is 334 g/mol. The van der Waals surface area contributed by atoms with Gasteiger partial charge in [0.2, 0.25) is 11.8 Å². The number of aromatic nitrogens is 1. The maximum atomic E-state index is 12.3. The van der Waals surface area contributed by atoms with Crippen LogP contribution in [0, 0.1) is 12.8 Å². The fourth-order valence-corrected chi connectivity index (χ4v) is 4.01. The van der Waals surface area contributed by atoms with Crippen LogP contribution in [0.1, 0.15) is 31.0 Å². The van der Waals surface area contributed by atoms with Crippen LogP contribution >= 0.6 is 11.3 Å². The van der Waals surface area contributed by atoms with Crippen molar-refractivity contribution < 1.29 is 9.59 Å². The first-order valence-corrected chi connectivity index (χ1v) is 9.46. The van der Waals surface area contributed by atoms with Gasteiger partial charge in [0, 0.05) is 36.9 Å². The summed E-state index contributed by atoms with van der Waals surface area (Å²) in [4.78, 5) is 30.1. The lowest BCUT2D eigenvalue weighted by Gasteiger charge is -2.30. The number of hydrogen-bond acceptors (Lipinski definition) is 4. The molecule has 3 rings (SSSR count). The number of amides is 2. The molecule has 6 heteroatoms. The molecule has 25 heavy (non-hydrogen) atoms. The van der Waals surface area contributed by atoms with Crippen molar-refractivity contribution in [2.45, 2.75) is 33.2 Å². The average molecular weight is 357 g/mol. The molecule has 0 unspecified atom stereocenters. The van der Waals surface area contributed by atoms with Crippen LogP contribution in [0.4, 0.5) is 0 Å². The lowest BCUT2D eigenvalue weighted by molar-refractivity contribution is -0.134. The van der Waals surface area contributed by atoms with Crippen LogP contribution in [-0.2, 0) is 16.1 Å². The number of aryl methyl sites for hydroxylation is 1. The van der Waals surface area contributed by atoms with Gasteiger partial charge in [-0.15, -0.1) is 11.3 Å². The third kappa shape index (κ3) is 4.25. The second kappa shape index (κ2) is 7.78. The van der Waals surface area contributed by atoms with Crippen LogP contribution in [0.2, 0.25) is 0 Å². The Balaban J connectivity index is 1.53. The summed E-state index contributed by atoms with van der Waals surface area (Å²) in [6.07, 6.45) is 1.47. The predicted octanol–water partition coefficient (Wildman–Crippen LogP) is 2.99. The van der Waals surface area contributed by atoms with E-state index in [1.54, 1.807) is 23.2 Å². The normalized spacial score (nSPS) is 15.2. The number of benzene rings is 1. The predicted molar refractivity (Wildman–Crippen MR) is 99.1 cm³/mol. The molecule has 1 aromatic carbocycles. The number of hydrogen-bond donors (Lipinski definition) is 1. The molecule has 1 saturated heterocycles. The van der Waals surface area contributed by atoms with Gasteiger partial charge < -0.3 is 10.2 Å². The smallest absolute Gasteiger partial charge is 0.223 e. The Labute approximate surface area is 152 Å². The topological polar surface area (TPSA) is 62.3 Å². The van der Waals surface area contributed by atoms with Gasteiger partial charge in [-0.2, -0.15) is 0 Å². The third-order valence-electron chi connectivity index (χ3n) is 4.68. The highest BCUT2D eigenvalue weighted by Crippen LogP contribution is 2.26. The molecule has 132 valence electrons. The molecule has 0 aliphatic carbocycles. The van der Waals surface area contributed by atoms with Crippen molar-refractivity contribution in [3.63, 3.8) is 0 Å². The van der Waals surface area contributed by atoms with Crippen LogP contribution in [0.5, 0.6) is 0 Å². The van der Waals surface area contributed by atoms with Crippen molar-refractivity contribution in [2.24, 2.45) is 5.92 Å². The van der Waals surface area contributed by atoms with E-state index in [2.05, 4.69) is 29.4 Å². The van der Waals surface area contributed by atoms with Gasteiger partial charge in [-0.3, -0.25) is 9.59 Å². The fourth-order valence-electron chi connectivity index (χ4n) is 3.10. The number of carbonyl (C=O) groups is 2. The van der Waals surface area contributed by atoms with Crippen LogP contribution in [0.25, 0.3) is 10.6 Å². The van der Waals surface area contributed by atoms with Crippen molar-refractivity contribution in [3.05, 3.63) is 40.9 Å². The van der Waals surface area contributed by atoms with Crippen molar-refractivity contribution in [2.75, 3.05) is 13.1 Å². The highest BCUT2D eigenvalue weighted by molar-refractivity contribution is 7.13. The van der Waals surface area contributed by atoms with E-state index in [0.717, 1.165) is 29.1 Å². The number of piperidine rings is 1. The highest BCUT2D eigenvalue weighted by Gasteiger charge is 2.25. The van der Waals surface area contributed by atoms with Crippen molar-refractivity contribution in [1.29, 1.82) is 0 Å². The summed E-state index contributed by atoms with van der Waals surface area (Å²) in [5.74, 6) is 0.142. The van der Waals surface area contributed by atoms with E-state index in [4.69, 9.17) is 0 Å². The van der Waals surface area contributed by atoms with E-state index in [9.17, 15) is 9.59 Å². The van der Waals surface area contributed by atoms with E-state index in [1.807, 2.05) is 17.5 Å². The zero-order valence-corrected chi connectivity index (χ0v) is 15.4. The molecule has 1 aliphatic heterocycles. The Bertz CT molecular complexity index is 764. The number of thiazole rings is 1. The van der Waals surface area contributed by atoms with E-state index in [-0.39, 0.29) is 17.7 Å². The number of nitrogens with zero attached hydrogens (tertiary/aromatic N) is 2. The van der Waals surface area contributed by atoms with Crippen LogP contribution in [0.3, 0.4) is 0 Å². The average Bonchev–Trinajstić information content (AvgIpc) is 3.09. The minimum absolute atomic E-state index is 0.00919. The third-order valence-corrected chi connectivity index (χ3v) is 5.61. The Hall–Kier alpha value is -2.21. The fraction of sp³-hybridized carbons (Fsp3) is 0.421. The number of likely N-dealkylation sites (tertiary alicyclic amines) is 1. The van der Waals surface area contributed by atoms with Gasteiger partial charge in [0.1, 0.15) is 5.01 Å². The molecule has 2 heterocycles. The molecule has 1 aliphatic rings. The molecule has 0 atom stereocenters. The molecule has 2 aromatic rings. The molecule has 1 N–H and O–H groups in total. The Morgan fingerprint density at radius 1 is 1.28 bits per heavy atom. The van der Waals surface area contributed by atoms with E-state index >= 15 is 0 Å². The lowest BCUT2D eigenvalue weighted by atomic mass is 9.96.